The van der Waals surface area contributed by atoms with E-state index in [4.69, 9.17) is 5.73 Å². The van der Waals surface area contributed by atoms with Crippen molar-refractivity contribution in [1.82, 2.24) is 4.72 Å². The summed E-state index contributed by atoms with van der Waals surface area (Å²) in [6.45, 7) is 1.92. The maximum atomic E-state index is 11.8. The highest BCUT2D eigenvalue weighted by Crippen LogP contribution is 2.35. The lowest BCUT2D eigenvalue weighted by molar-refractivity contribution is 0.557. The Morgan fingerprint density at radius 1 is 1.31 bits per heavy atom. The zero-order valence-electron chi connectivity index (χ0n) is 9.23. The van der Waals surface area contributed by atoms with Gasteiger partial charge >= 0.3 is 0 Å². The Hall–Kier alpha value is -1.07. The minimum Gasteiger partial charge on any atom is -0.399 e. The molecule has 0 heterocycles. The van der Waals surface area contributed by atoms with Gasteiger partial charge in [-0.1, -0.05) is 12.1 Å². The number of nitrogen functional groups attached to an aromatic ring is 1. The summed E-state index contributed by atoms with van der Waals surface area (Å²) in [6.07, 6.45) is 1.85. The molecule has 3 N–H and O–H groups in total. The molecule has 1 aromatic rings. The van der Waals surface area contributed by atoms with Crippen molar-refractivity contribution in [1.29, 1.82) is 0 Å². The molecule has 4 nitrogen and oxygen atoms in total. The van der Waals surface area contributed by atoms with Crippen molar-refractivity contribution >= 4 is 15.7 Å². The van der Waals surface area contributed by atoms with Crippen LogP contribution in [0.25, 0.3) is 0 Å². The third kappa shape index (κ3) is 2.96. The van der Waals surface area contributed by atoms with Crippen molar-refractivity contribution in [3.05, 3.63) is 29.8 Å². The number of hydrogen-bond donors (Lipinski definition) is 2. The van der Waals surface area contributed by atoms with Crippen LogP contribution in [0.1, 0.15) is 25.3 Å². The van der Waals surface area contributed by atoms with Crippen molar-refractivity contribution in [3.8, 4) is 0 Å². The largest absolute Gasteiger partial charge is 0.399 e. The van der Waals surface area contributed by atoms with Gasteiger partial charge in [0.15, 0.2) is 0 Å². The van der Waals surface area contributed by atoms with Crippen molar-refractivity contribution in [2.45, 2.75) is 31.1 Å². The SMILES string of the molecule is CC1(NS(=O)(=O)Cc2ccc(N)cc2)CC1. The molecule has 0 saturated heterocycles. The van der Waals surface area contributed by atoms with E-state index in [2.05, 4.69) is 4.72 Å². The van der Waals surface area contributed by atoms with E-state index in [1.54, 1.807) is 24.3 Å². The Kier molecular flexibility index (Phi) is 2.67. The lowest BCUT2D eigenvalue weighted by Gasteiger charge is -2.12. The van der Waals surface area contributed by atoms with Crippen molar-refractivity contribution < 1.29 is 8.42 Å². The molecule has 0 radical (unpaired) electrons. The highest BCUT2D eigenvalue weighted by atomic mass is 32.2. The summed E-state index contributed by atoms with van der Waals surface area (Å²) < 4.78 is 26.3. The van der Waals surface area contributed by atoms with Gasteiger partial charge in [-0.05, 0) is 37.5 Å². The van der Waals surface area contributed by atoms with Gasteiger partial charge in [0.25, 0.3) is 0 Å². The maximum absolute atomic E-state index is 11.8. The van der Waals surface area contributed by atoms with Crippen LogP contribution in [0.5, 0.6) is 0 Å². The second-order valence-electron chi connectivity index (χ2n) is 4.66. The number of hydrogen-bond acceptors (Lipinski definition) is 3. The molecule has 0 bridgehead atoms. The molecule has 0 spiro atoms. The average Bonchev–Trinajstić information content (AvgIpc) is 2.86. The second-order valence-corrected chi connectivity index (χ2v) is 6.39. The van der Waals surface area contributed by atoms with Crippen molar-refractivity contribution in [2.75, 3.05) is 5.73 Å². The van der Waals surface area contributed by atoms with Crippen LogP contribution in [0.3, 0.4) is 0 Å². The molecule has 0 amide bonds. The summed E-state index contributed by atoms with van der Waals surface area (Å²) in [5, 5.41) is 0. The topological polar surface area (TPSA) is 72.2 Å². The molecule has 1 aliphatic carbocycles. The Labute approximate surface area is 95.9 Å². The van der Waals surface area contributed by atoms with Crippen molar-refractivity contribution in [2.24, 2.45) is 0 Å². The fourth-order valence-corrected chi connectivity index (χ4v) is 3.19. The molecule has 2 rings (SSSR count). The van der Waals surface area contributed by atoms with E-state index in [0.717, 1.165) is 18.4 Å². The number of benzene rings is 1. The van der Waals surface area contributed by atoms with Crippen molar-refractivity contribution in [3.63, 3.8) is 0 Å². The summed E-state index contributed by atoms with van der Waals surface area (Å²) in [5.41, 5.74) is 6.73. The smallest absolute Gasteiger partial charge is 0.216 e. The predicted octanol–water partition coefficient (Wildman–Crippen LogP) is 1.24. The fraction of sp³-hybridized carbons (Fsp3) is 0.455. The first-order chi connectivity index (χ1) is 7.39. The highest BCUT2D eigenvalue weighted by molar-refractivity contribution is 7.88. The van der Waals surface area contributed by atoms with E-state index in [-0.39, 0.29) is 11.3 Å². The third-order valence-electron chi connectivity index (χ3n) is 2.74. The summed E-state index contributed by atoms with van der Waals surface area (Å²) in [6, 6.07) is 6.90. The van der Waals surface area contributed by atoms with E-state index < -0.39 is 10.0 Å². The second kappa shape index (κ2) is 3.75. The molecule has 1 aliphatic rings. The van der Waals surface area contributed by atoms with Gasteiger partial charge < -0.3 is 5.73 Å². The molecule has 1 fully saturated rings. The molecule has 0 unspecified atom stereocenters. The van der Waals surface area contributed by atoms with Crippen LogP contribution in [0, 0.1) is 0 Å². The lowest BCUT2D eigenvalue weighted by Crippen LogP contribution is -2.35. The first kappa shape index (κ1) is 11.4. The first-order valence-electron chi connectivity index (χ1n) is 5.25. The Bertz CT molecular complexity index is 475. The van der Waals surface area contributed by atoms with Gasteiger partial charge in [0.2, 0.25) is 10.0 Å². The van der Waals surface area contributed by atoms with Gasteiger partial charge in [-0.25, -0.2) is 13.1 Å². The van der Waals surface area contributed by atoms with Gasteiger partial charge in [-0.3, -0.25) is 0 Å². The van der Waals surface area contributed by atoms with E-state index in [0.29, 0.717) is 5.69 Å². The number of sulfonamides is 1. The van der Waals surface area contributed by atoms with Crippen LogP contribution in [0.15, 0.2) is 24.3 Å². The van der Waals surface area contributed by atoms with Gasteiger partial charge in [-0.15, -0.1) is 0 Å². The van der Waals surface area contributed by atoms with Gasteiger partial charge in [0, 0.05) is 11.2 Å². The minimum atomic E-state index is -3.23. The Morgan fingerprint density at radius 3 is 2.38 bits per heavy atom. The maximum Gasteiger partial charge on any atom is 0.216 e. The number of nitrogens with two attached hydrogens (primary N) is 1. The minimum absolute atomic E-state index is 0.0167. The molecule has 1 saturated carbocycles. The zero-order valence-corrected chi connectivity index (χ0v) is 10.0. The fourth-order valence-electron chi connectivity index (χ4n) is 1.53. The van der Waals surface area contributed by atoms with E-state index in [1.165, 1.54) is 0 Å². The number of anilines is 1. The molecule has 0 atom stereocenters. The van der Waals surface area contributed by atoms with E-state index >= 15 is 0 Å². The van der Waals surface area contributed by atoms with Crippen LogP contribution in [-0.2, 0) is 15.8 Å². The van der Waals surface area contributed by atoms with Gasteiger partial charge in [0.05, 0.1) is 5.75 Å². The summed E-state index contributed by atoms with van der Waals surface area (Å²) in [5.74, 6) is 0.0167. The van der Waals surface area contributed by atoms with Gasteiger partial charge in [0.1, 0.15) is 0 Å². The van der Waals surface area contributed by atoms with Crippen LogP contribution >= 0.6 is 0 Å². The van der Waals surface area contributed by atoms with Gasteiger partial charge in [-0.2, -0.15) is 0 Å². The molecule has 1 aromatic carbocycles. The van der Waals surface area contributed by atoms with E-state index in [9.17, 15) is 8.42 Å². The molecule has 5 heteroatoms. The highest BCUT2D eigenvalue weighted by Gasteiger charge is 2.40. The monoisotopic (exact) mass is 240 g/mol. The van der Waals surface area contributed by atoms with Crippen LogP contribution < -0.4 is 10.5 Å². The molecule has 88 valence electrons. The zero-order chi connectivity index (χ0) is 11.8. The van der Waals surface area contributed by atoms with Crippen LogP contribution in [0.2, 0.25) is 0 Å². The Balaban J connectivity index is 2.05. The van der Waals surface area contributed by atoms with Crippen LogP contribution in [-0.4, -0.2) is 14.0 Å². The number of nitrogens with one attached hydrogen (secondary N) is 1. The third-order valence-corrected chi connectivity index (χ3v) is 4.26. The normalized spacial score (nSPS) is 18.3. The predicted molar refractivity (Wildman–Crippen MR) is 64.3 cm³/mol. The number of rotatable bonds is 4. The molecule has 16 heavy (non-hydrogen) atoms. The summed E-state index contributed by atoms with van der Waals surface area (Å²) in [4.78, 5) is 0. The standard InChI is InChI=1S/C11H16N2O2S/c1-11(6-7-11)13-16(14,15)8-9-2-4-10(12)5-3-9/h2-5,13H,6-8,12H2,1H3. The molecular weight excluding hydrogens is 224 g/mol. The van der Waals surface area contributed by atoms with E-state index in [1.807, 2.05) is 6.92 Å². The molecular formula is C11H16N2O2S. The quantitative estimate of drug-likeness (QED) is 0.778. The lowest BCUT2D eigenvalue weighted by atomic mass is 10.2. The summed E-state index contributed by atoms with van der Waals surface area (Å²) in [7, 11) is -3.23. The molecule has 0 aromatic heterocycles. The Morgan fingerprint density at radius 2 is 1.88 bits per heavy atom. The average molecular weight is 240 g/mol. The summed E-state index contributed by atoms with van der Waals surface area (Å²) >= 11 is 0. The first-order valence-corrected chi connectivity index (χ1v) is 6.90. The van der Waals surface area contributed by atoms with Crippen LogP contribution in [0.4, 0.5) is 5.69 Å². The molecule has 0 aliphatic heterocycles.